The minimum atomic E-state index is -0.408. The van der Waals surface area contributed by atoms with Crippen molar-refractivity contribution in [3.8, 4) is 5.88 Å². The Labute approximate surface area is 138 Å². The molecule has 1 saturated heterocycles. The van der Waals surface area contributed by atoms with Crippen molar-refractivity contribution >= 4 is 16.8 Å². The van der Waals surface area contributed by atoms with Crippen LogP contribution in [0.3, 0.4) is 0 Å². The van der Waals surface area contributed by atoms with Crippen molar-refractivity contribution in [2.75, 3.05) is 13.1 Å². The van der Waals surface area contributed by atoms with E-state index in [2.05, 4.69) is 4.98 Å². The van der Waals surface area contributed by atoms with Gasteiger partial charge in [-0.2, -0.15) is 0 Å². The Morgan fingerprint density at radius 1 is 1.08 bits per heavy atom. The summed E-state index contributed by atoms with van der Waals surface area (Å²) in [6.45, 7) is 0.952. The van der Waals surface area contributed by atoms with Crippen molar-refractivity contribution in [2.45, 2.75) is 6.10 Å². The number of carbonyl (C=O) groups is 1. The van der Waals surface area contributed by atoms with E-state index in [1.54, 1.807) is 11.0 Å². The van der Waals surface area contributed by atoms with Gasteiger partial charge in [0.1, 0.15) is 11.9 Å². The lowest BCUT2D eigenvalue weighted by atomic mass is 10.1. The highest BCUT2D eigenvalue weighted by Gasteiger charge is 2.33. The van der Waals surface area contributed by atoms with E-state index in [1.807, 2.05) is 36.4 Å². The third kappa shape index (κ3) is 2.80. The van der Waals surface area contributed by atoms with Crippen LogP contribution in [-0.4, -0.2) is 35.0 Å². The fraction of sp³-hybridized carbons (Fsp3) is 0.158. The van der Waals surface area contributed by atoms with Gasteiger partial charge in [0.05, 0.1) is 18.6 Å². The van der Waals surface area contributed by atoms with Crippen molar-refractivity contribution in [3.63, 3.8) is 0 Å². The van der Waals surface area contributed by atoms with Gasteiger partial charge in [-0.3, -0.25) is 4.79 Å². The van der Waals surface area contributed by atoms with Crippen molar-refractivity contribution in [2.24, 2.45) is 0 Å². The molecule has 1 aromatic heterocycles. The number of nitrogens with zero attached hydrogens (tertiary/aromatic N) is 2. The van der Waals surface area contributed by atoms with Crippen molar-refractivity contribution < 1.29 is 13.9 Å². The number of ether oxygens (including phenoxy) is 1. The van der Waals surface area contributed by atoms with Gasteiger partial charge in [-0.1, -0.05) is 24.3 Å². The molecule has 0 N–H and O–H groups in total. The van der Waals surface area contributed by atoms with E-state index in [1.165, 1.54) is 18.2 Å². The predicted octanol–water partition coefficient (Wildman–Crippen LogP) is 3.28. The second-order valence-electron chi connectivity index (χ2n) is 5.80. The number of para-hydroxylation sites is 1. The Morgan fingerprint density at radius 2 is 1.92 bits per heavy atom. The van der Waals surface area contributed by atoms with E-state index in [-0.39, 0.29) is 12.0 Å². The molecule has 24 heavy (non-hydrogen) atoms. The Kier molecular flexibility index (Phi) is 3.61. The zero-order chi connectivity index (χ0) is 16.5. The van der Waals surface area contributed by atoms with Crippen LogP contribution in [0.25, 0.3) is 10.9 Å². The lowest BCUT2D eigenvalue weighted by Crippen LogP contribution is -2.56. The summed E-state index contributed by atoms with van der Waals surface area (Å²) < 4.78 is 19.0. The number of halogens is 1. The van der Waals surface area contributed by atoms with Gasteiger partial charge in [-0.15, -0.1) is 0 Å². The molecule has 0 bridgehead atoms. The lowest BCUT2D eigenvalue weighted by Gasteiger charge is -2.38. The van der Waals surface area contributed by atoms with Crippen LogP contribution in [0.5, 0.6) is 5.88 Å². The number of hydrogen-bond acceptors (Lipinski definition) is 3. The van der Waals surface area contributed by atoms with Gasteiger partial charge >= 0.3 is 0 Å². The first kappa shape index (κ1) is 14.6. The highest BCUT2D eigenvalue weighted by Crippen LogP contribution is 2.21. The third-order valence-corrected chi connectivity index (χ3v) is 4.07. The first-order valence-electron chi connectivity index (χ1n) is 7.76. The molecular formula is C19H15FN2O2. The molecular weight excluding hydrogens is 307 g/mol. The molecule has 2 aromatic carbocycles. The minimum absolute atomic E-state index is 0.0869. The van der Waals surface area contributed by atoms with Crippen molar-refractivity contribution in [3.05, 3.63) is 72.0 Å². The molecule has 0 radical (unpaired) electrons. The molecule has 2 heterocycles. The van der Waals surface area contributed by atoms with Crippen LogP contribution in [0.2, 0.25) is 0 Å². The molecule has 5 heteroatoms. The van der Waals surface area contributed by atoms with E-state index in [4.69, 9.17) is 4.74 Å². The minimum Gasteiger partial charge on any atom is -0.471 e. The van der Waals surface area contributed by atoms with E-state index in [0.717, 1.165) is 10.9 Å². The Balaban J connectivity index is 1.39. The summed E-state index contributed by atoms with van der Waals surface area (Å²) in [5.41, 5.74) is 1.24. The van der Waals surface area contributed by atoms with E-state index >= 15 is 0 Å². The van der Waals surface area contributed by atoms with E-state index in [9.17, 15) is 9.18 Å². The molecule has 0 saturated carbocycles. The fourth-order valence-corrected chi connectivity index (χ4v) is 2.77. The molecule has 0 unspecified atom stereocenters. The number of fused-ring (bicyclic) bond motifs is 1. The Bertz CT molecular complexity index is 907. The number of likely N-dealkylation sites (tertiary alicyclic amines) is 1. The van der Waals surface area contributed by atoms with Gasteiger partial charge in [-0.25, -0.2) is 9.37 Å². The Hall–Kier alpha value is -2.95. The summed E-state index contributed by atoms with van der Waals surface area (Å²) in [5.74, 6) is -0.0353. The topological polar surface area (TPSA) is 42.4 Å². The normalized spacial score (nSPS) is 14.5. The largest absolute Gasteiger partial charge is 0.471 e. The van der Waals surface area contributed by atoms with E-state index in [0.29, 0.717) is 24.5 Å². The number of carbonyl (C=O) groups excluding carboxylic acids is 1. The first-order chi connectivity index (χ1) is 11.7. The highest BCUT2D eigenvalue weighted by molar-refractivity contribution is 5.94. The van der Waals surface area contributed by atoms with Crippen LogP contribution in [0, 0.1) is 5.82 Å². The van der Waals surface area contributed by atoms with E-state index < -0.39 is 5.82 Å². The van der Waals surface area contributed by atoms with Crippen LogP contribution in [-0.2, 0) is 0 Å². The van der Waals surface area contributed by atoms with Gasteiger partial charge in [0, 0.05) is 17.0 Å². The molecule has 0 atom stereocenters. The lowest BCUT2D eigenvalue weighted by molar-refractivity contribution is 0.0161. The third-order valence-electron chi connectivity index (χ3n) is 4.07. The van der Waals surface area contributed by atoms with Crippen LogP contribution in [0.1, 0.15) is 10.4 Å². The monoisotopic (exact) mass is 322 g/mol. The molecule has 1 fully saturated rings. The van der Waals surface area contributed by atoms with Gasteiger partial charge in [-0.05, 0) is 30.3 Å². The van der Waals surface area contributed by atoms with Crippen molar-refractivity contribution in [1.82, 2.24) is 9.88 Å². The number of amides is 1. The van der Waals surface area contributed by atoms with Gasteiger partial charge < -0.3 is 9.64 Å². The molecule has 4 nitrogen and oxygen atoms in total. The zero-order valence-electron chi connectivity index (χ0n) is 12.9. The average Bonchev–Trinajstić information content (AvgIpc) is 2.57. The van der Waals surface area contributed by atoms with Gasteiger partial charge in [0.15, 0.2) is 0 Å². The summed E-state index contributed by atoms with van der Waals surface area (Å²) in [7, 11) is 0. The summed E-state index contributed by atoms with van der Waals surface area (Å²) >= 11 is 0. The molecule has 4 rings (SSSR count). The number of rotatable bonds is 3. The fourth-order valence-electron chi connectivity index (χ4n) is 2.77. The number of pyridine rings is 1. The quantitative estimate of drug-likeness (QED) is 0.743. The van der Waals surface area contributed by atoms with Crippen LogP contribution in [0.4, 0.5) is 4.39 Å². The van der Waals surface area contributed by atoms with Crippen LogP contribution in [0.15, 0.2) is 60.7 Å². The maximum atomic E-state index is 13.2. The summed E-state index contributed by atoms with van der Waals surface area (Å²) in [6, 6.07) is 17.3. The molecule has 1 aliphatic heterocycles. The SMILES string of the molecule is O=C(c1cccc(F)c1)N1CC(Oc2ccc3ccccc3n2)C1. The van der Waals surface area contributed by atoms with Gasteiger partial charge in [0.25, 0.3) is 5.91 Å². The molecule has 0 spiro atoms. The van der Waals surface area contributed by atoms with Crippen LogP contribution < -0.4 is 4.74 Å². The summed E-state index contributed by atoms with van der Waals surface area (Å²) in [6.07, 6.45) is -0.0869. The Morgan fingerprint density at radius 3 is 2.75 bits per heavy atom. The smallest absolute Gasteiger partial charge is 0.254 e. The number of hydrogen-bond donors (Lipinski definition) is 0. The standard InChI is InChI=1S/C19H15FN2O2/c20-15-6-3-5-14(10-15)19(23)22-11-16(12-22)24-18-9-8-13-4-1-2-7-17(13)21-18/h1-10,16H,11-12H2. The number of benzene rings is 2. The molecule has 1 amide bonds. The summed E-state index contributed by atoms with van der Waals surface area (Å²) in [5, 5.41) is 1.06. The first-order valence-corrected chi connectivity index (χ1v) is 7.76. The highest BCUT2D eigenvalue weighted by atomic mass is 19.1. The molecule has 0 aliphatic carbocycles. The van der Waals surface area contributed by atoms with Crippen LogP contribution >= 0.6 is 0 Å². The van der Waals surface area contributed by atoms with Gasteiger partial charge in [0.2, 0.25) is 5.88 Å². The molecule has 3 aromatic rings. The zero-order valence-corrected chi connectivity index (χ0v) is 12.9. The second-order valence-corrected chi connectivity index (χ2v) is 5.80. The number of aromatic nitrogens is 1. The maximum Gasteiger partial charge on any atom is 0.254 e. The summed E-state index contributed by atoms with van der Waals surface area (Å²) in [4.78, 5) is 18.3. The molecule has 1 aliphatic rings. The average molecular weight is 322 g/mol. The second kappa shape index (κ2) is 5.92. The predicted molar refractivity (Wildman–Crippen MR) is 88.5 cm³/mol. The van der Waals surface area contributed by atoms with Crippen molar-refractivity contribution in [1.29, 1.82) is 0 Å². The molecule has 120 valence electrons. The maximum absolute atomic E-state index is 13.2.